The monoisotopic (exact) mass is 333 g/mol. The van der Waals surface area contributed by atoms with E-state index in [1.807, 2.05) is 12.1 Å². The molecule has 9 heteroatoms. The molecule has 3 N–H and O–H groups in total. The number of methoxy groups -OCH3 is 3. The van der Waals surface area contributed by atoms with Gasteiger partial charge in [-0.25, -0.2) is 15.0 Å². The van der Waals surface area contributed by atoms with Crippen molar-refractivity contribution >= 4 is 28.7 Å². The number of aromatic amines is 1. The van der Waals surface area contributed by atoms with Crippen LogP contribution in [0.4, 0.5) is 5.82 Å². The smallest absolute Gasteiger partial charge is 0.203 e. The van der Waals surface area contributed by atoms with E-state index in [2.05, 4.69) is 19.9 Å². The first-order chi connectivity index (χ1) is 11.2. The van der Waals surface area contributed by atoms with Gasteiger partial charge in [-0.15, -0.1) is 0 Å². The Bertz CT molecular complexity index is 827. The second-order valence-corrected chi connectivity index (χ2v) is 5.52. The SMILES string of the molecule is COc1cc(Sc2nc3c(N)ncnc3[nH]2)cc(OC)c1OC. The first kappa shape index (κ1) is 15.2. The maximum Gasteiger partial charge on any atom is 0.203 e. The molecule has 0 saturated carbocycles. The van der Waals surface area contributed by atoms with Gasteiger partial charge in [0.05, 0.1) is 21.3 Å². The fraction of sp³-hybridized carbons (Fsp3) is 0.214. The van der Waals surface area contributed by atoms with Crippen molar-refractivity contribution in [2.45, 2.75) is 10.1 Å². The van der Waals surface area contributed by atoms with Crippen LogP contribution in [0.15, 0.2) is 28.5 Å². The topological polar surface area (TPSA) is 108 Å². The van der Waals surface area contributed by atoms with Crippen LogP contribution in [0.1, 0.15) is 0 Å². The number of ether oxygens (including phenoxy) is 3. The van der Waals surface area contributed by atoms with Crippen molar-refractivity contribution in [1.82, 2.24) is 19.9 Å². The summed E-state index contributed by atoms with van der Waals surface area (Å²) in [7, 11) is 4.71. The molecule has 0 unspecified atom stereocenters. The molecule has 2 aromatic heterocycles. The first-order valence-corrected chi connectivity index (χ1v) is 7.42. The van der Waals surface area contributed by atoms with Crippen LogP contribution in [0.25, 0.3) is 11.2 Å². The van der Waals surface area contributed by atoms with Crippen LogP contribution in [0.5, 0.6) is 17.2 Å². The van der Waals surface area contributed by atoms with Crippen LogP contribution in [-0.2, 0) is 0 Å². The molecule has 3 aromatic rings. The number of nitrogen functional groups attached to an aromatic ring is 1. The predicted molar refractivity (Wildman–Crippen MR) is 86.3 cm³/mol. The number of hydrogen-bond donors (Lipinski definition) is 2. The number of nitrogens with two attached hydrogens (primary N) is 1. The second kappa shape index (κ2) is 6.21. The Kier molecular flexibility index (Phi) is 4.11. The molecule has 0 saturated heterocycles. The van der Waals surface area contributed by atoms with Crippen LogP contribution in [0.2, 0.25) is 0 Å². The van der Waals surface area contributed by atoms with E-state index in [1.54, 1.807) is 21.3 Å². The summed E-state index contributed by atoms with van der Waals surface area (Å²) in [6.07, 6.45) is 1.39. The summed E-state index contributed by atoms with van der Waals surface area (Å²) in [5, 5.41) is 0.640. The molecular weight excluding hydrogens is 318 g/mol. The third kappa shape index (κ3) is 2.82. The fourth-order valence-electron chi connectivity index (χ4n) is 2.10. The van der Waals surface area contributed by atoms with Gasteiger partial charge in [-0.3, -0.25) is 0 Å². The lowest BCUT2D eigenvalue weighted by molar-refractivity contribution is 0.323. The highest BCUT2D eigenvalue weighted by Crippen LogP contribution is 2.42. The van der Waals surface area contributed by atoms with Crippen LogP contribution in [0, 0.1) is 0 Å². The largest absolute Gasteiger partial charge is 0.493 e. The zero-order chi connectivity index (χ0) is 16.4. The zero-order valence-corrected chi connectivity index (χ0v) is 13.6. The number of fused-ring (bicyclic) bond motifs is 1. The van der Waals surface area contributed by atoms with Crippen LogP contribution in [0.3, 0.4) is 0 Å². The number of nitrogens with one attached hydrogen (secondary N) is 1. The van der Waals surface area contributed by atoms with E-state index < -0.39 is 0 Å². The molecule has 0 radical (unpaired) electrons. The van der Waals surface area contributed by atoms with E-state index in [1.165, 1.54) is 18.1 Å². The van der Waals surface area contributed by atoms with Gasteiger partial charge in [0, 0.05) is 4.90 Å². The van der Waals surface area contributed by atoms with Gasteiger partial charge < -0.3 is 24.9 Å². The standard InChI is InChI=1S/C14H15N5O3S/c1-20-8-4-7(5-9(21-2)11(8)22-3)23-14-18-10-12(15)16-6-17-13(10)19-14/h4-6H,1-3H3,(H3,15,16,17,18,19). The molecule has 0 bridgehead atoms. The number of imidazole rings is 1. The summed E-state index contributed by atoms with van der Waals surface area (Å²) < 4.78 is 16.0. The third-order valence-corrected chi connectivity index (χ3v) is 4.00. The molecule has 3 rings (SSSR count). The number of nitrogens with zero attached hydrogens (tertiary/aromatic N) is 3. The average Bonchev–Trinajstić information content (AvgIpc) is 2.97. The Morgan fingerprint density at radius 3 is 2.30 bits per heavy atom. The Balaban J connectivity index is 1.99. The molecule has 1 aromatic carbocycles. The van der Waals surface area contributed by atoms with E-state index in [-0.39, 0.29) is 0 Å². The van der Waals surface area contributed by atoms with Crippen molar-refractivity contribution in [2.75, 3.05) is 27.1 Å². The lowest BCUT2D eigenvalue weighted by Gasteiger charge is -2.13. The number of H-pyrrole nitrogens is 1. The Hall–Kier alpha value is -2.68. The summed E-state index contributed by atoms with van der Waals surface area (Å²) in [5.74, 6) is 2.02. The number of aromatic nitrogens is 4. The molecule has 0 amide bonds. The van der Waals surface area contributed by atoms with E-state index >= 15 is 0 Å². The Labute approximate surface area is 136 Å². The zero-order valence-electron chi connectivity index (χ0n) is 12.8. The quantitative estimate of drug-likeness (QED) is 0.731. The van der Waals surface area contributed by atoms with Gasteiger partial charge in [0.2, 0.25) is 5.75 Å². The van der Waals surface area contributed by atoms with Crippen LogP contribution in [-0.4, -0.2) is 41.3 Å². The van der Waals surface area contributed by atoms with Gasteiger partial charge in [-0.05, 0) is 12.1 Å². The van der Waals surface area contributed by atoms with Crippen molar-refractivity contribution in [3.8, 4) is 17.2 Å². The lowest BCUT2D eigenvalue weighted by Crippen LogP contribution is -1.95. The average molecular weight is 333 g/mol. The predicted octanol–water partition coefficient (Wildman–Crippen LogP) is 2.11. The van der Waals surface area contributed by atoms with Gasteiger partial charge in [-0.2, -0.15) is 0 Å². The minimum absolute atomic E-state index is 0.336. The highest BCUT2D eigenvalue weighted by molar-refractivity contribution is 7.99. The number of rotatable bonds is 5. The van der Waals surface area contributed by atoms with Gasteiger partial charge in [-0.1, -0.05) is 11.8 Å². The molecule has 0 aliphatic rings. The van der Waals surface area contributed by atoms with Crippen molar-refractivity contribution in [1.29, 1.82) is 0 Å². The van der Waals surface area contributed by atoms with Crippen molar-refractivity contribution in [2.24, 2.45) is 0 Å². The van der Waals surface area contributed by atoms with Crippen LogP contribution >= 0.6 is 11.8 Å². The minimum Gasteiger partial charge on any atom is -0.493 e. The maximum absolute atomic E-state index is 5.79. The fourth-order valence-corrected chi connectivity index (χ4v) is 2.94. The van der Waals surface area contributed by atoms with Crippen molar-refractivity contribution < 1.29 is 14.2 Å². The molecule has 0 aliphatic heterocycles. The summed E-state index contributed by atoms with van der Waals surface area (Å²) in [5.41, 5.74) is 6.93. The van der Waals surface area contributed by atoms with Gasteiger partial charge in [0.15, 0.2) is 33.6 Å². The molecule has 120 valence electrons. The van der Waals surface area contributed by atoms with E-state index in [0.29, 0.717) is 39.4 Å². The molecule has 0 aliphatic carbocycles. The number of benzene rings is 1. The van der Waals surface area contributed by atoms with Gasteiger partial charge in [0.25, 0.3) is 0 Å². The molecule has 0 atom stereocenters. The van der Waals surface area contributed by atoms with Crippen LogP contribution < -0.4 is 19.9 Å². The summed E-state index contributed by atoms with van der Waals surface area (Å²) in [6, 6.07) is 3.68. The van der Waals surface area contributed by atoms with E-state index in [9.17, 15) is 0 Å². The van der Waals surface area contributed by atoms with E-state index in [4.69, 9.17) is 19.9 Å². The second-order valence-electron chi connectivity index (χ2n) is 4.46. The minimum atomic E-state index is 0.336. The third-order valence-electron chi connectivity index (χ3n) is 3.14. The summed E-state index contributed by atoms with van der Waals surface area (Å²) in [4.78, 5) is 16.4. The lowest BCUT2D eigenvalue weighted by atomic mass is 10.3. The number of hydrogen-bond acceptors (Lipinski definition) is 8. The maximum atomic E-state index is 5.79. The molecule has 0 fully saturated rings. The molecular formula is C14H15N5O3S. The van der Waals surface area contributed by atoms with Gasteiger partial charge in [0.1, 0.15) is 6.33 Å². The summed E-state index contributed by atoms with van der Waals surface area (Å²) >= 11 is 1.39. The normalized spacial score (nSPS) is 10.7. The molecule has 0 spiro atoms. The van der Waals surface area contributed by atoms with Gasteiger partial charge >= 0.3 is 0 Å². The highest BCUT2D eigenvalue weighted by Gasteiger charge is 2.15. The molecule has 8 nitrogen and oxygen atoms in total. The van der Waals surface area contributed by atoms with Crippen molar-refractivity contribution in [3.63, 3.8) is 0 Å². The Morgan fingerprint density at radius 2 is 1.74 bits per heavy atom. The highest BCUT2D eigenvalue weighted by atomic mass is 32.2. The molecule has 23 heavy (non-hydrogen) atoms. The first-order valence-electron chi connectivity index (χ1n) is 6.60. The Morgan fingerprint density at radius 1 is 1.04 bits per heavy atom. The number of anilines is 1. The van der Waals surface area contributed by atoms with Crippen molar-refractivity contribution in [3.05, 3.63) is 18.5 Å². The molecule has 2 heterocycles. The van der Waals surface area contributed by atoms with E-state index in [0.717, 1.165) is 4.90 Å². The summed E-state index contributed by atoms with van der Waals surface area (Å²) in [6.45, 7) is 0.